The minimum atomic E-state index is -3.60. The van der Waals surface area contributed by atoms with E-state index in [1.54, 1.807) is 23.1 Å². The van der Waals surface area contributed by atoms with E-state index in [1.165, 1.54) is 17.7 Å². The van der Waals surface area contributed by atoms with Gasteiger partial charge in [-0.1, -0.05) is 47.6 Å². The van der Waals surface area contributed by atoms with Crippen molar-refractivity contribution >= 4 is 15.7 Å². The van der Waals surface area contributed by atoms with Gasteiger partial charge >= 0.3 is 11.8 Å². The SMILES string of the molecule is O=C(c1nc(CS(=O)(=O)c2ccccc2)no1)N1CCc2ccccc2C1. The topological polar surface area (TPSA) is 93.4 Å². The second-order valence-electron chi connectivity index (χ2n) is 6.33. The molecule has 1 amide bonds. The van der Waals surface area contributed by atoms with E-state index >= 15 is 0 Å². The van der Waals surface area contributed by atoms with Crippen LogP contribution in [-0.2, 0) is 28.6 Å². The number of nitrogens with zero attached hydrogens (tertiary/aromatic N) is 3. The zero-order chi connectivity index (χ0) is 18.9. The van der Waals surface area contributed by atoms with Crippen molar-refractivity contribution in [1.82, 2.24) is 15.0 Å². The molecule has 8 heteroatoms. The summed E-state index contributed by atoms with van der Waals surface area (Å²) >= 11 is 0. The summed E-state index contributed by atoms with van der Waals surface area (Å²) in [5, 5.41) is 3.67. The largest absolute Gasteiger partial charge is 0.330 e. The second kappa shape index (κ2) is 6.96. The third kappa shape index (κ3) is 3.61. The molecule has 0 N–H and O–H groups in total. The molecule has 2 heterocycles. The molecule has 0 saturated carbocycles. The number of fused-ring (bicyclic) bond motifs is 1. The second-order valence-corrected chi connectivity index (χ2v) is 8.32. The molecule has 1 aliphatic rings. The molecule has 0 saturated heterocycles. The van der Waals surface area contributed by atoms with Gasteiger partial charge in [0.1, 0.15) is 5.75 Å². The maximum absolute atomic E-state index is 12.6. The van der Waals surface area contributed by atoms with E-state index in [4.69, 9.17) is 4.52 Å². The van der Waals surface area contributed by atoms with Crippen molar-refractivity contribution in [2.75, 3.05) is 6.54 Å². The fourth-order valence-electron chi connectivity index (χ4n) is 3.08. The predicted octanol–water partition coefficient (Wildman–Crippen LogP) is 2.24. The predicted molar refractivity (Wildman–Crippen MR) is 96.5 cm³/mol. The molecule has 3 aromatic rings. The number of amides is 1. The highest BCUT2D eigenvalue weighted by Gasteiger charge is 2.27. The average molecular weight is 383 g/mol. The minimum absolute atomic E-state index is 0.0281. The van der Waals surface area contributed by atoms with E-state index in [9.17, 15) is 13.2 Å². The third-order valence-electron chi connectivity index (χ3n) is 4.49. The van der Waals surface area contributed by atoms with Crippen molar-refractivity contribution in [3.63, 3.8) is 0 Å². The van der Waals surface area contributed by atoms with Crippen molar-refractivity contribution in [2.24, 2.45) is 0 Å². The lowest BCUT2D eigenvalue weighted by Gasteiger charge is -2.27. The van der Waals surface area contributed by atoms with Gasteiger partial charge < -0.3 is 9.42 Å². The highest BCUT2D eigenvalue weighted by atomic mass is 32.2. The number of carbonyl (C=O) groups is 1. The van der Waals surface area contributed by atoms with Gasteiger partial charge in [-0.3, -0.25) is 4.79 Å². The summed E-state index contributed by atoms with van der Waals surface area (Å²) in [6.45, 7) is 1.02. The van der Waals surface area contributed by atoms with Crippen LogP contribution in [0.5, 0.6) is 0 Å². The van der Waals surface area contributed by atoms with Crippen LogP contribution in [0.25, 0.3) is 0 Å². The van der Waals surface area contributed by atoms with Gasteiger partial charge in [0.05, 0.1) is 4.90 Å². The van der Waals surface area contributed by atoms with Gasteiger partial charge in [-0.2, -0.15) is 4.98 Å². The van der Waals surface area contributed by atoms with Crippen LogP contribution in [-0.4, -0.2) is 35.9 Å². The Morgan fingerprint density at radius 3 is 2.52 bits per heavy atom. The fraction of sp³-hybridized carbons (Fsp3) is 0.211. The lowest BCUT2D eigenvalue weighted by atomic mass is 10.00. The minimum Gasteiger partial charge on any atom is -0.330 e. The van der Waals surface area contributed by atoms with E-state index < -0.39 is 15.6 Å². The van der Waals surface area contributed by atoms with Crippen LogP contribution in [0.3, 0.4) is 0 Å². The molecule has 0 atom stereocenters. The maximum Gasteiger partial charge on any atom is 0.316 e. The number of rotatable bonds is 4. The molecule has 27 heavy (non-hydrogen) atoms. The molecular formula is C19H17N3O4S. The van der Waals surface area contributed by atoms with E-state index in [0.29, 0.717) is 13.1 Å². The monoisotopic (exact) mass is 383 g/mol. The van der Waals surface area contributed by atoms with Gasteiger partial charge in [0, 0.05) is 13.1 Å². The molecule has 0 unspecified atom stereocenters. The Labute approximate surface area is 156 Å². The Morgan fingerprint density at radius 2 is 1.74 bits per heavy atom. The first-order valence-electron chi connectivity index (χ1n) is 8.49. The Kier molecular flexibility index (Phi) is 4.49. The van der Waals surface area contributed by atoms with Crippen molar-refractivity contribution in [1.29, 1.82) is 0 Å². The normalized spacial score (nSPS) is 14.0. The standard InChI is InChI=1S/C19H17N3O4S/c23-19(22-11-10-14-6-4-5-7-15(14)12-22)18-20-17(21-26-18)13-27(24,25)16-8-2-1-3-9-16/h1-9H,10-13H2. The van der Waals surface area contributed by atoms with Gasteiger partial charge in [0.25, 0.3) is 0 Å². The van der Waals surface area contributed by atoms with Gasteiger partial charge in [-0.25, -0.2) is 8.42 Å². The Morgan fingerprint density at radius 1 is 1.04 bits per heavy atom. The first-order valence-corrected chi connectivity index (χ1v) is 10.1. The van der Waals surface area contributed by atoms with Crippen LogP contribution in [0.2, 0.25) is 0 Å². The smallest absolute Gasteiger partial charge is 0.316 e. The number of carbonyl (C=O) groups excluding carboxylic acids is 1. The van der Waals surface area contributed by atoms with Gasteiger partial charge in [0.2, 0.25) is 0 Å². The van der Waals surface area contributed by atoms with Crippen molar-refractivity contribution in [2.45, 2.75) is 23.6 Å². The first kappa shape index (κ1) is 17.4. The van der Waals surface area contributed by atoms with Crippen LogP contribution in [0.1, 0.15) is 27.6 Å². The van der Waals surface area contributed by atoms with E-state index in [0.717, 1.165) is 12.0 Å². The third-order valence-corrected chi connectivity index (χ3v) is 6.12. The molecule has 0 fully saturated rings. The molecule has 138 valence electrons. The molecule has 2 aromatic carbocycles. The summed E-state index contributed by atoms with van der Waals surface area (Å²) in [7, 11) is -3.60. The molecule has 0 aliphatic carbocycles. The molecule has 7 nitrogen and oxygen atoms in total. The lowest BCUT2D eigenvalue weighted by Crippen LogP contribution is -2.36. The fourth-order valence-corrected chi connectivity index (χ4v) is 4.28. The number of hydrogen-bond donors (Lipinski definition) is 0. The molecule has 0 spiro atoms. The van der Waals surface area contributed by atoms with Crippen molar-refractivity contribution in [3.05, 3.63) is 77.4 Å². The Hall–Kier alpha value is -3.00. The van der Waals surface area contributed by atoms with Crippen LogP contribution in [0.4, 0.5) is 0 Å². The Balaban J connectivity index is 1.49. The van der Waals surface area contributed by atoms with Crippen LogP contribution in [0, 0.1) is 0 Å². The molecule has 0 bridgehead atoms. The molecular weight excluding hydrogens is 366 g/mol. The van der Waals surface area contributed by atoms with Crippen LogP contribution >= 0.6 is 0 Å². The highest BCUT2D eigenvalue weighted by molar-refractivity contribution is 7.90. The number of benzene rings is 2. The molecule has 1 aliphatic heterocycles. The molecule has 0 radical (unpaired) electrons. The van der Waals surface area contributed by atoms with Crippen molar-refractivity contribution in [3.8, 4) is 0 Å². The summed E-state index contributed by atoms with van der Waals surface area (Å²) in [4.78, 5) is 18.4. The number of hydrogen-bond acceptors (Lipinski definition) is 6. The maximum atomic E-state index is 12.6. The molecule has 1 aromatic heterocycles. The summed E-state index contributed by atoms with van der Waals surface area (Å²) < 4.78 is 29.8. The van der Waals surface area contributed by atoms with E-state index in [-0.39, 0.29) is 22.5 Å². The van der Waals surface area contributed by atoms with E-state index in [1.807, 2.05) is 18.2 Å². The first-order chi connectivity index (χ1) is 13.0. The Bertz CT molecular complexity index is 1080. The lowest BCUT2D eigenvalue weighted by molar-refractivity contribution is 0.0684. The van der Waals surface area contributed by atoms with Crippen LogP contribution in [0.15, 0.2) is 64.0 Å². The summed E-state index contributed by atoms with van der Waals surface area (Å²) in [6, 6.07) is 16.0. The molecule has 4 rings (SSSR count). The van der Waals surface area contributed by atoms with Crippen molar-refractivity contribution < 1.29 is 17.7 Å². The van der Waals surface area contributed by atoms with Gasteiger partial charge in [0.15, 0.2) is 15.7 Å². The average Bonchev–Trinajstić information content (AvgIpc) is 3.15. The number of aromatic nitrogens is 2. The summed E-state index contributed by atoms with van der Waals surface area (Å²) in [5.41, 5.74) is 2.31. The zero-order valence-electron chi connectivity index (χ0n) is 14.4. The van der Waals surface area contributed by atoms with Gasteiger partial charge in [-0.15, -0.1) is 0 Å². The summed E-state index contributed by atoms with van der Waals surface area (Å²) in [5.74, 6) is -1.02. The highest BCUT2D eigenvalue weighted by Crippen LogP contribution is 2.20. The van der Waals surface area contributed by atoms with E-state index in [2.05, 4.69) is 16.2 Å². The number of sulfone groups is 1. The van der Waals surface area contributed by atoms with Crippen LogP contribution < -0.4 is 0 Å². The quantitative estimate of drug-likeness (QED) is 0.686. The summed E-state index contributed by atoms with van der Waals surface area (Å²) in [6.07, 6.45) is 0.755. The zero-order valence-corrected chi connectivity index (χ0v) is 15.2. The van der Waals surface area contributed by atoms with Gasteiger partial charge in [-0.05, 0) is 29.7 Å².